The highest BCUT2D eigenvalue weighted by Crippen LogP contribution is 2.48. The number of ether oxygens (including phenoxy) is 2. The minimum absolute atomic E-state index is 0.169. The van der Waals surface area contributed by atoms with E-state index in [1.807, 2.05) is 13.8 Å². The number of phenols is 2. The lowest BCUT2D eigenvalue weighted by Gasteiger charge is -2.39. The molecule has 0 radical (unpaired) electrons. The molecule has 2 aliphatic heterocycles. The Bertz CT molecular complexity index is 1470. The first-order valence-corrected chi connectivity index (χ1v) is 27.0. The molecule has 2 N–H and O–H groups in total. The van der Waals surface area contributed by atoms with Crippen molar-refractivity contribution in [2.24, 2.45) is 0 Å². The normalized spacial score (nSPS) is 18.4. The van der Waals surface area contributed by atoms with E-state index in [4.69, 9.17) is 9.47 Å². The van der Waals surface area contributed by atoms with E-state index in [9.17, 15) is 10.2 Å². The summed E-state index contributed by atoms with van der Waals surface area (Å²) in [4.78, 5) is 0. The lowest BCUT2D eigenvalue weighted by atomic mass is 9.81. The van der Waals surface area contributed by atoms with Crippen LogP contribution in [0.15, 0.2) is 0 Å². The quantitative estimate of drug-likeness (QED) is 0.0702. The van der Waals surface area contributed by atoms with Gasteiger partial charge in [0.15, 0.2) is 0 Å². The lowest BCUT2D eigenvalue weighted by Crippen LogP contribution is -2.37. The SMILES string of the molecule is CCCCCCCCCCCCCCCC[C@@]1(C)CCc2c(CCc3c(O)c(C)c(C)c4c3CC[C@@](C)(CCCCCCCCCCCCCCCC)O4)c(O)c(C)c(C)c2O1. The van der Waals surface area contributed by atoms with Crippen LogP contribution in [0.3, 0.4) is 0 Å². The molecule has 0 saturated heterocycles. The van der Waals surface area contributed by atoms with Gasteiger partial charge >= 0.3 is 0 Å². The van der Waals surface area contributed by atoms with Crippen LogP contribution in [0.2, 0.25) is 0 Å². The Balaban J connectivity index is 1.24. The van der Waals surface area contributed by atoms with Gasteiger partial charge in [-0.25, -0.2) is 0 Å². The number of fused-ring (bicyclic) bond motifs is 2. The van der Waals surface area contributed by atoms with Crippen molar-refractivity contribution in [2.45, 2.75) is 298 Å². The molecule has 0 fully saturated rings. The van der Waals surface area contributed by atoms with Crippen LogP contribution in [0.4, 0.5) is 0 Å². The van der Waals surface area contributed by atoms with Crippen molar-refractivity contribution < 1.29 is 19.7 Å². The highest BCUT2D eigenvalue weighted by atomic mass is 16.5. The van der Waals surface area contributed by atoms with Gasteiger partial charge in [0.05, 0.1) is 0 Å². The largest absolute Gasteiger partial charge is 0.507 e. The first-order chi connectivity index (χ1) is 29.9. The molecule has 2 aromatic carbocycles. The zero-order chi connectivity index (χ0) is 44.8. The molecule has 4 heteroatoms. The summed E-state index contributed by atoms with van der Waals surface area (Å²) in [6.07, 6.45) is 45.9. The summed E-state index contributed by atoms with van der Waals surface area (Å²) in [5.41, 5.74) is 8.03. The van der Waals surface area contributed by atoms with E-state index in [-0.39, 0.29) is 11.2 Å². The molecule has 62 heavy (non-hydrogen) atoms. The van der Waals surface area contributed by atoms with Gasteiger partial charge in [-0.3, -0.25) is 0 Å². The second-order valence-corrected chi connectivity index (χ2v) is 21.1. The van der Waals surface area contributed by atoms with Gasteiger partial charge < -0.3 is 19.7 Å². The molecule has 354 valence electrons. The zero-order valence-corrected chi connectivity index (χ0v) is 42.2. The second kappa shape index (κ2) is 27.8. The Morgan fingerprint density at radius 3 is 0.919 bits per heavy atom. The number of benzene rings is 2. The van der Waals surface area contributed by atoms with Crippen LogP contribution in [0.1, 0.15) is 278 Å². The van der Waals surface area contributed by atoms with E-state index in [1.165, 1.54) is 191 Å². The van der Waals surface area contributed by atoms with Crippen LogP contribution in [0, 0.1) is 27.7 Å². The van der Waals surface area contributed by atoms with Crippen molar-refractivity contribution in [3.8, 4) is 23.0 Å². The molecule has 2 aromatic rings. The Morgan fingerprint density at radius 2 is 0.645 bits per heavy atom. The van der Waals surface area contributed by atoms with Gasteiger partial charge in [-0.1, -0.05) is 181 Å². The number of unbranched alkanes of at least 4 members (excludes halogenated alkanes) is 26. The van der Waals surface area contributed by atoms with Crippen molar-refractivity contribution >= 4 is 0 Å². The van der Waals surface area contributed by atoms with Crippen LogP contribution in [-0.2, 0) is 25.7 Å². The van der Waals surface area contributed by atoms with E-state index in [1.54, 1.807) is 0 Å². The van der Waals surface area contributed by atoms with Gasteiger partial charge in [-0.15, -0.1) is 0 Å². The van der Waals surface area contributed by atoms with E-state index >= 15 is 0 Å². The summed E-state index contributed by atoms with van der Waals surface area (Å²) < 4.78 is 13.9. The maximum Gasteiger partial charge on any atom is 0.127 e. The number of aromatic hydroxyl groups is 2. The second-order valence-electron chi connectivity index (χ2n) is 21.1. The molecule has 0 aliphatic carbocycles. The van der Waals surface area contributed by atoms with Crippen molar-refractivity contribution in [1.29, 1.82) is 0 Å². The third-order valence-corrected chi connectivity index (χ3v) is 15.6. The summed E-state index contributed by atoms with van der Waals surface area (Å²) >= 11 is 0. The molecule has 2 heterocycles. The smallest absolute Gasteiger partial charge is 0.127 e. The topological polar surface area (TPSA) is 58.9 Å². The Labute approximate surface area is 383 Å². The molecule has 0 aromatic heterocycles. The van der Waals surface area contributed by atoms with Crippen LogP contribution >= 0.6 is 0 Å². The van der Waals surface area contributed by atoms with E-state index in [2.05, 4.69) is 41.5 Å². The molecule has 2 aliphatic rings. The summed E-state index contributed by atoms with van der Waals surface area (Å²) in [5.74, 6) is 2.83. The highest BCUT2D eigenvalue weighted by molar-refractivity contribution is 5.61. The van der Waals surface area contributed by atoms with Gasteiger partial charge in [-0.05, 0) is 128 Å². The first-order valence-electron chi connectivity index (χ1n) is 27.0. The minimum atomic E-state index is -0.169. The maximum absolute atomic E-state index is 11.6. The molecule has 4 rings (SSSR count). The highest BCUT2D eigenvalue weighted by Gasteiger charge is 2.37. The van der Waals surface area contributed by atoms with Gasteiger partial charge in [-0.2, -0.15) is 0 Å². The maximum atomic E-state index is 11.6. The van der Waals surface area contributed by atoms with E-state index in [0.717, 1.165) is 83.4 Å². The number of hydrogen-bond acceptors (Lipinski definition) is 4. The fourth-order valence-electron chi connectivity index (χ4n) is 10.9. The minimum Gasteiger partial charge on any atom is -0.507 e. The van der Waals surface area contributed by atoms with Gasteiger partial charge in [0.2, 0.25) is 0 Å². The summed E-state index contributed by atoms with van der Waals surface area (Å²) in [7, 11) is 0. The Kier molecular flexibility index (Phi) is 23.5. The number of phenolic OH excluding ortho intramolecular Hbond substituents is 2. The molecule has 0 bridgehead atoms. The van der Waals surface area contributed by atoms with Crippen molar-refractivity contribution in [3.05, 3.63) is 44.5 Å². The van der Waals surface area contributed by atoms with Crippen molar-refractivity contribution in [2.75, 3.05) is 0 Å². The van der Waals surface area contributed by atoms with Gasteiger partial charge in [0.1, 0.15) is 34.2 Å². The zero-order valence-electron chi connectivity index (χ0n) is 42.2. The molecule has 0 spiro atoms. The van der Waals surface area contributed by atoms with E-state index < -0.39 is 0 Å². The van der Waals surface area contributed by atoms with Crippen molar-refractivity contribution in [1.82, 2.24) is 0 Å². The number of rotatable bonds is 33. The summed E-state index contributed by atoms with van der Waals surface area (Å²) in [5, 5.41) is 23.3. The number of hydrogen-bond donors (Lipinski definition) is 2. The van der Waals surface area contributed by atoms with Gasteiger partial charge in [0.25, 0.3) is 0 Å². The van der Waals surface area contributed by atoms with Crippen LogP contribution in [-0.4, -0.2) is 21.4 Å². The summed E-state index contributed by atoms with van der Waals surface area (Å²) in [6, 6.07) is 0. The average Bonchev–Trinajstić information content (AvgIpc) is 3.26. The van der Waals surface area contributed by atoms with Crippen LogP contribution in [0.25, 0.3) is 0 Å². The predicted molar refractivity (Wildman–Crippen MR) is 267 cm³/mol. The first kappa shape index (κ1) is 52.3. The fraction of sp³-hybridized carbons (Fsp3) is 0.793. The van der Waals surface area contributed by atoms with Gasteiger partial charge in [0, 0.05) is 22.3 Å². The van der Waals surface area contributed by atoms with E-state index in [0.29, 0.717) is 24.3 Å². The third kappa shape index (κ3) is 16.3. The molecule has 0 saturated carbocycles. The Hall–Kier alpha value is -2.36. The molecule has 2 atom stereocenters. The standard InChI is InChI=1S/C58H98O4/c1-9-11-13-15-17-19-21-23-25-27-29-31-33-35-41-57(7)43-39-51-49(53(59)45(3)47(5)55(51)61-57)37-38-50-52-40-44-58(8,62-56(52)48(6)46(4)54(50)60)42-36-34-32-30-28-26-24-22-20-18-16-14-12-10-2/h59-60H,9-44H2,1-8H3/t57-,58+. The van der Waals surface area contributed by atoms with Crippen molar-refractivity contribution in [3.63, 3.8) is 0 Å². The monoisotopic (exact) mass is 859 g/mol. The van der Waals surface area contributed by atoms with Crippen LogP contribution < -0.4 is 9.47 Å². The molecule has 0 amide bonds. The third-order valence-electron chi connectivity index (χ3n) is 15.6. The molecule has 0 unspecified atom stereocenters. The van der Waals surface area contributed by atoms with Crippen LogP contribution in [0.5, 0.6) is 23.0 Å². The summed E-state index contributed by atoms with van der Waals surface area (Å²) in [6.45, 7) is 17.5. The molecular weight excluding hydrogens is 761 g/mol. The Morgan fingerprint density at radius 1 is 0.387 bits per heavy atom. The molecule has 4 nitrogen and oxygen atoms in total. The predicted octanol–water partition coefficient (Wildman–Crippen LogP) is 18.0. The molecular formula is C58H98O4. The lowest BCUT2D eigenvalue weighted by molar-refractivity contribution is 0.0515. The fourth-order valence-corrected chi connectivity index (χ4v) is 10.9. The average molecular weight is 859 g/mol.